The lowest BCUT2D eigenvalue weighted by molar-refractivity contribution is 1.19. The van der Waals surface area contributed by atoms with E-state index in [2.05, 4.69) is 40.3 Å². The number of fused-ring (bicyclic) bond motifs is 6. The van der Waals surface area contributed by atoms with Crippen molar-refractivity contribution in [3.63, 3.8) is 0 Å². The van der Waals surface area contributed by atoms with E-state index in [1.54, 1.807) is 0 Å². The van der Waals surface area contributed by atoms with E-state index in [0.29, 0.717) is 5.15 Å². The Labute approximate surface area is 121 Å². The maximum Gasteiger partial charge on any atom is 0.150 e. The highest BCUT2D eigenvalue weighted by atomic mass is 35.5. The van der Waals surface area contributed by atoms with E-state index in [-0.39, 0.29) is 0 Å². The fourth-order valence-corrected chi connectivity index (χ4v) is 2.85. The van der Waals surface area contributed by atoms with Crippen molar-refractivity contribution >= 4 is 44.2 Å². The van der Waals surface area contributed by atoms with Crippen LogP contribution < -0.4 is 0 Å². The van der Waals surface area contributed by atoms with Crippen molar-refractivity contribution in [2.45, 2.75) is 6.92 Å². The molecule has 2 nitrogen and oxygen atoms in total. The summed E-state index contributed by atoms with van der Waals surface area (Å²) in [6.07, 6.45) is 0. The van der Waals surface area contributed by atoms with Gasteiger partial charge in [0.25, 0.3) is 0 Å². The number of aryl methyl sites for hydroxylation is 1. The molecule has 4 aromatic rings. The van der Waals surface area contributed by atoms with Gasteiger partial charge in [0.2, 0.25) is 0 Å². The van der Waals surface area contributed by atoms with Crippen molar-refractivity contribution < 1.29 is 0 Å². The normalized spacial score (nSPS) is 11.5. The minimum atomic E-state index is 0.470. The molecular formula is C17H11ClN2. The summed E-state index contributed by atoms with van der Waals surface area (Å²) in [5.41, 5.74) is 2.55. The van der Waals surface area contributed by atoms with Crippen LogP contribution in [0.3, 0.4) is 0 Å². The number of aromatic nitrogens is 2. The zero-order chi connectivity index (χ0) is 13.7. The van der Waals surface area contributed by atoms with Crippen LogP contribution in [0, 0.1) is 6.92 Å². The van der Waals surface area contributed by atoms with Gasteiger partial charge >= 0.3 is 0 Å². The number of rotatable bonds is 0. The molecule has 3 heteroatoms. The number of benzene rings is 3. The number of nitrogens with zero attached hydrogens (tertiary/aromatic N) is 2. The molecule has 0 atom stereocenters. The third-order valence-corrected chi connectivity index (χ3v) is 4.02. The summed E-state index contributed by atoms with van der Waals surface area (Å²) in [7, 11) is 0. The Morgan fingerprint density at radius 2 is 1.15 bits per heavy atom. The molecule has 0 bridgehead atoms. The minimum Gasteiger partial charge on any atom is -0.248 e. The van der Waals surface area contributed by atoms with Gasteiger partial charge in [0.1, 0.15) is 0 Å². The van der Waals surface area contributed by atoms with Gasteiger partial charge < -0.3 is 0 Å². The third kappa shape index (κ3) is 1.52. The largest absolute Gasteiger partial charge is 0.248 e. The van der Waals surface area contributed by atoms with Crippen LogP contribution in [0.1, 0.15) is 5.69 Å². The Bertz CT molecular complexity index is 896. The molecule has 1 heterocycles. The summed E-state index contributed by atoms with van der Waals surface area (Å²) in [5, 5.41) is 5.07. The van der Waals surface area contributed by atoms with Crippen molar-refractivity contribution in [2.24, 2.45) is 0 Å². The second kappa shape index (κ2) is 4.15. The fourth-order valence-electron chi connectivity index (χ4n) is 2.72. The van der Waals surface area contributed by atoms with Crippen LogP contribution >= 0.6 is 11.6 Å². The first-order chi connectivity index (χ1) is 9.75. The minimum absolute atomic E-state index is 0.470. The zero-order valence-electron chi connectivity index (χ0n) is 10.9. The summed E-state index contributed by atoms with van der Waals surface area (Å²) in [4.78, 5) is 9.22. The van der Waals surface area contributed by atoms with Gasteiger partial charge in [-0.2, -0.15) is 0 Å². The number of hydrogen-bond donors (Lipinski definition) is 0. The standard InChI is InChI=1S/C17H11ClN2/c1-10-17(18)20-16-14-9-5-3-7-12(14)11-6-2-4-8-13(11)15(16)19-10/h2-9H,1H3. The van der Waals surface area contributed by atoms with E-state index >= 15 is 0 Å². The van der Waals surface area contributed by atoms with Crippen molar-refractivity contribution in [2.75, 3.05) is 0 Å². The Morgan fingerprint density at radius 1 is 0.700 bits per heavy atom. The molecular weight excluding hydrogens is 268 g/mol. The number of hydrogen-bond acceptors (Lipinski definition) is 2. The molecule has 0 aliphatic heterocycles. The summed E-state index contributed by atoms with van der Waals surface area (Å²) in [6.45, 7) is 1.89. The topological polar surface area (TPSA) is 25.8 Å². The molecule has 96 valence electrons. The third-order valence-electron chi connectivity index (χ3n) is 3.67. The first-order valence-electron chi connectivity index (χ1n) is 6.49. The van der Waals surface area contributed by atoms with Gasteiger partial charge in [-0.25, -0.2) is 9.97 Å². The quantitative estimate of drug-likeness (QED) is 0.428. The van der Waals surface area contributed by atoms with E-state index < -0.39 is 0 Å². The van der Waals surface area contributed by atoms with Gasteiger partial charge in [-0.15, -0.1) is 0 Å². The monoisotopic (exact) mass is 278 g/mol. The summed E-state index contributed by atoms with van der Waals surface area (Å²) in [5.74, 6) is 0. The lowest BCUT2D eigenvalue weighted by Gasteiger charge is -2.09. The summed E-state index contributed by atoms with van der Waals surface area (Å²) < 4.78 is 0. The molecule has 4 rings (SSSR count). The average molecular weight is 279 g/mol. The fraction of sp³-hybridized carbons (Fsp3) is 0.0588. The highest BCUT2D eigenvalue weighted by molar-refractivity contribution is 6.31. The van der Waals surface area contributed by atoms with Gasteiger partial charge in [0.15, 0.2) is 5.15 Å². The Morgan fingerprint density at radius 3 is 1.70 bits per heavy atom. The summed E-state index contributed by atoms with van der Waals surface area (Å²) >= 11 is 6.17. The molecule has 0 saturated heterocycles. The highest BCUT2D eigenvalue weighted by Crippen LogP contribution is 2.33. The molecule has 0 saturated carbocycles. The van der Waals surface area contributed by atoms with Crippen LogP contribution in [0.25, 0.3) is 32.6 Å². The molecule has 0 fully saturated rings. The Balaban J connectivity index is 2.42. The molecule has 3 aromatic carbocycles. The zero-order valence-corrected chi connectivity index (χ0v) is 11.6. The van der Waals surface area contributed by atoms with Gasteiger partial charge in [0, 0.05) is 10.8 Å². The molecule has 20 heavy (non-hydrogen) atoms. The molecule has 0 aliphatic rings. The lowest BCUT2D eigenvalue weighted by atomic mass is 9.99. The molecule has 0 amide bonds. The first-order valence-corrected chi connectivity index (χ1v) is 6.87. The lowest BCUT2D eigenvalue weighted by Crippen LogP contribution is -1.93. The maximum absolute atomic E-state index is 6.17. The van der Waals surface area contributed by atoms with Crippen LogP contribution in [0.2, 0.25) is 5.15 Å². The Kier molecular flexibility index (Phi) is 2.41. The van der Waals surface area contributed by atoms with E-state index in [0.717, 1.165) is 27.5 Å². The molecule has 0 spiro atoms. The number of halogens is 1. The SMILES string of the molecule is Cc1nc2c3ccccc3c3ccccc3c2nc1Cl. The van der Waals surface area contributed by atoms with Crippen LogP contribution in [0.15, 0.2) is 48.5 Å². The van der Waals surface area contributed by atoms with Crippen LogP contribution in [0.4, 0.5) is 0 Å². The smallest absolute Gasteiger partial charge is 0.150 e. The average Bonchev–Trinajstić information content (AvgIpc) is 2.49. The van der Waals surface area contributed by atoms with E-state index in [1.807, 2.05) is 25.1 Å². The van der Waals surface area contributed by atoms with Gasteiger partial charge in [0.05, 0.1) is 16.7 Å². The van der Waals surface area contributed by atoms with Gasteiger partial charge in [-0.1, -0.05) is 60.1 Å². The van der Waals surface area contributed by atoms with Crippen LogP contribution in [-0.4, -0.2) is 9.97 Å². The first kappa shape index (κ1) is 11.6. The van der Waals surface area contributed by atoms with E-state index in [9.17, 15) is 0 Å². The second-order valence-electron chi connectivity index (χ2n) is 4.89. The summed E-state index contributed by atoms with van der Waals surface area (Å²) in [6, 6.07) is 16.6. The van der Waals surface area contributed by atoms with E-state index in [4.69, 9.17) is 11.6 Å². The molecule has 0 N–H and O–H groups in total. The van der Waals surface area contributed by atoms with Crippen molar-refractivity contribution in [1.29, 1.82) is 0 Å². The highest BCUT2D eigenvalue weighted by Gasteiger charge is 2.11. The predicted molar refractivity (Wildman–Crippen MR) is 84.3 cm³/mol. The van der Waals surface area contributed by atoms with Gasteiger partial charge in [-0.3, -0.25) is 0 Å². The Hall–Kier alpha value is -2.19. The van der Waals surface area contributed by atoms with Crippen LogP contribution in [0.5, 0.6) is 0 Å². The second-order valence-corrected chi connectivity index (χ2v) is 5.25. The van der Waals surface area contributed by atoms with Gasteiger partial charge in [-0.05, 0) is 17.7 Å². The van der Waals surface area contributed by atoms with Crippen molar-refractivity contribution in [3.8, 4) is 0 Å². The van der Waals surface area contributed by atoms with Crippen LogP contribution in [-0.2, 0) is 0 Å². The molecule has 0 unspecified atom stereocenters. The molecule has 0 aliphatic carbocycles. The van der Waals surface area contributed by atoms with E-state index in [1.165, 1.54) is 10.8 Å². The maximum atomic E-state index is 6.17. The van der Waals surface area contributed by atoms with Crippen molar-refractivity contribution in [1.82, 2.24) is 9.97 Å². The molecule has 0 radical (unpaired) electrons. The predicted octanol–water partition coefficient (Wildman–Crippen LogP) is 4.90. The molecule has 1 aromatic heterocycles. The van der Waals surface area contributed by atoms with Crippen molar-refractivity contribution in [3.05, 3.63) is 59.4 Å².